The highest BCUT2D eigenvalue weighted by Crippen LogP contribution is 2.62. The normalized spacial score (nSPS) is 48.9. The Kier molecular flexibility index (Phi) is 1.58. The Morgan fingerprint density at radius 2 is 2.14 bits per heavy atom. The first-order valence-corrected chi connectivity index (χ1v) is 5.78. The lowest BCUT2D eigenvalue weighted by molar-refractivity contribution is -0.210. The topological polar surface area (TPSA) is 26.3 Å². The number of hydrogen-bond acceptors (Lipinski definition) is 2. The fraction of sp³-hybridized carbons (Fsp3) is 0.917. The number of carbonyl (C=O) groups is 1. The van der Waals surface area contributed by atoms with Crippen molar-refractivity contribution in [2.45, 2.75) is 45.6 Å². The van der Waals surface area contributed by atoms with E-state index in [4.69, 9.17) is 4.74 Å². The molecule has 3 aliphatic carbocycles. The Balaban J connectivity index is 1.84. The molecule has 4 aliphatic rings. The summed E-state index contributed by atoms with van der Waals surface area (Å²) < 4.78 is 5.54. The van der Waals surface area contributed by atoms with Crippen LogP contribution in [0.3, 0.4) is 0 Å². The molecule has 4 atom stereocenters. The molecule has 2 heteroatoms. The van der Waals surface area contributed by atoms with Crippen LogP contribution in [0.1, 0.15) is 39.5 Å². The first-order chi connectivity index (χ1) is 6.59. The lowest BCUT2D eigenvalue weighted by Gasteiger charge is -2.62. The zero-order valence-electron chi connectivity index (χ0n) is 8.95. The molecule has 2 nitrogen and oxygen atoms in total. The van der Waals surface area contributed by atoms with Crippen molar-refractivity contribution in [3.63, 3.8) is 0 Å². The van der Waals surface area contributed by atoms with Crippen LogP contribution in [0.25, 0.3) is 0 Å². The van der Waals surface area contributed by atoms with Crippen molar-refractivity contribution in [1.29, 1.82) is 0 Å². The van der Waals surface area contributed by atoms with E-state index in [1.807, 2.05) is 0 Å². The molecule has 1 aliphatic heterocycles. The molecule has 1 heterocycles. The number of hydrogen-bond donors (Lipinski definition) is 0. The van der Waals surface area contributed by atoms with Crippen LogP contribution in [0, 0.1) is 23.2 Å². The van der Waals surface area contributed by atoms with E-state index in [1.54, 1.807) is 0 Å². The van der Waals surface area contributed by atoms with Crippen LogP contribution in [-0.4, -0.2) is 12.1 Å². The Labute approximate surface area is 85.0 Å². The number of rotatable bonds is 0. The molecule has 0 aromatic rings. The van der Waals surface area contributed by atoms with Gasteiger partial charge in [0.15, 0.2) is 0 Å². The van der Waals surface area contributed by atoms with Gasteiger partial charge in [0.25, 0.3) is 0 Å². The minimum Gasteiger partial charge on any atom is -0.462 e. The summed E-state index contributed by atoms with van der Waals surface area (Å²) in [5.41, 5.74) is 0.429. The zero-order valence-corrected chi connectivity index (χ0v) is 8.95. The molecule has 2 bridgehead atoms. The van der Waals surface area contributed by atoms with Crippen molar-refractivity contribution in [3.8, 4) is 0 Å². The van der Waals surface area contributed by atoms with Gasteiger partial charge >= 0.3 is 5.97 Å². The minimum atomic E-state index is 0.0346. The lowest BCUT2D eigenvalue weighted by atomic mass is 9.45. The quantitative estimate of drug-likeness (QED) is 0.553. The van der Waals surface area contributed by atoms with Crippen LogP contribution in [0.4, 0.5) is 0 Å². The monoisotopic (exact) mass is 194 g/mol. The third-order valence-corrected chi connectivity index (χ3v) is 4.98. The van der Waals surface area contributed by atoms with Gasteiger partial charge < -0.3 is 4.74 Å². The Hall–Kier alpha value is -0.530. The fourth-order valence-corrected chi connectivity index (χ4v) is 3.82. The van der Waals surface area contributed by atoms with E-state index < -0.39 is 0 Å². The Bertz CT molecular complexity index is 282. The second-order valence-corrected chi connectivity index (χ2v) is 5.85. The van der Waals surface area contributed by atoms with E-state index in [9.17, 15) is 4.79 Å². The van der Waals surface area contributed by atoms with Gasteiger partial charge in [0.05, 0.1) is 0 Å². The van der Waals surface area contributed by atoms with Crippen molar-refractivity contribution < 1.29 is 9.53 Å². The van der Waals surface area contributed by atoms with Crippen LogP contribution in [0.15, 0.2) is 0 Å². The average Bonchev–Trinajstić information content (AvgIpc) is 2.16. The van der Waals surface area contributed by atoms with Crippen LogP contribution >= 0.6 is 0 Å². The van der Waals surface area contributed by atoms with Crippen LogP contribution in [0.2, 0.25) is 0 Å². The summed E-state index contributed by atoms with van der Waals surface area (Å²) in [5.74, 6) is 2.26. The maximum Gasteiger partial charge on any atom is 0.306 e. The van der Waals surface area contributed by atoms with Crippen molar-refractivity contribution in [1.82, 2.24) is 0 Å². The first-order valence-electron chi connectivity index (χ1n) is 5.78. The van der Waals surface area contributed by atoms with E-state index in [2.05, 4.69) is 13.8 Å². The molecule has 0 spiro atoms. The molecule has 0 aromatic carbocycles. The molecule has 3 saturated carbocycles. The second-order valence-electron chi connectivity index (χ2n) is 5.85. The van der Waals surface area contributed by atoms with Gasteiger partial charge in [0, 0.05) is 12.3 Å². The first kappa shape index (κ1) is 8.75. The van der Waals surface area contributed by atoms with Crippen molar-refractivity contribution in [2.24, 2.45) is 23.2 Å². The number of esters is 1. The summed E-state index contributed by atoms with van der Waals surface area (Å²) in [6, 6.07) is 0. The molecule has 0 N–H and O–H groups in total. The minimum absolute atomic E-state index is 0.0346. The lowest BCUT2D eigenvalue weighted by Crippen LogP contribution is -2.60. The molecule has 0 amide bonds. The highest BCUT2D eigenvalue weighted by molar-refractivity contribution is 5.70. The predicted octanol–water partition coefficient (Wildman–Crippen LogP) is 2.37. The van der Waals surface area contributed by atoms with Gasteiger partial charge in [0.2, 0.25) is 0 Å². The third kappa shape index (κ3) is 0.945. The van der Waals surface area contributed by atoms with Crippen LogP contribution < -0.4 is 0 Å². The molecular formula is C12H18O2. The van der Waals surface area contributed by atoms with Gasteiger partial charge in [0.1, 0.15) is 6.10 Å². The number of carbonyl (C=O) groups excluding carboxylic acids is 1. The molecular weight excluding hydrogens is 176 g/mol. The van der Waals surface area contributed by atoms with E-state index in [-0.39, 0.29) is 12.1 Å². The Morgan fingerprint density at radius 1 is 1.36 bits per heavy atom. The second kappa shape index (κ2) is 2.53. The summed E-state index contributed by atoms with van der Waals surface area (Å²) in [6.07, 6.45) is 4.58. The van der Waals surface area contributed by atoms with E-state index in [0.29, 0.717) is 23.7 Å². The van der Waals surface area contributed by atoms with Gasteiger partial charge in [-0.15, -0.1) is 0 Å². The molecule has 4 rings (SSSR count). The average molecular weight is 194 g/mol. The van der Waals surface area contributed by atoms with E-state index in [1.165, 1.54) is 12.8 Å². The predicted molar refractivity (Wildman–Crippen MR) is 52.6 cm³/mol. The van der Waals surface area contributed by atoms with Gasteiger partial charge in [-0.2, -0.15) is 0 Å². The van der Waals surface area contributed by atoms with Crippen LogP contribution in [-0.2, 0) is 9.53 Å². The smallest absolute Gasteiger partial charge is 0.306 e. The highest BCUT2D eigenvalue weighted by atomic mass is 16.5. The maximum absolute atomic E-state index is 11.3. The molecule has 4 unspecified atom stereocenters. The third-order valence-electron chi connectivity index (χ3n) is 4.98. The van der Waals surface area contributed by atoms with Gasteiger partial charge in [-0.05, 0) is 36.5 Å². The van der Waals surface area contributed by atoms with Crippen molar-refractivity contribution in [3.05, 3.63) is 0 Å². The summed E-state index contributed by atoms with van der Waals surface area (Å²) in [7, 11) is 0. The molecule has 1 saturated heterocycles. The fourth-order valence-electron chi connectivity index (χ4n) is 3.82. The van der Waals surface area contributed by atoms with Crippen molar-refractivity contribution in [2.75, 3.05) is 0 Å². The van der Waals surface area contributed by atoms with Crippen LogP contribution in [0.5, 0.6) is 0 Å². The summed E-state index contributed by atoms with van der Waals surface area (Å²) in [5, 5.41) is 0. The summed E-state index contributed by atoms with van der Waals surface area (Å²) >= 11 is 0. The summed E-state index contributed by atoms with van der Waals surface area (Å²) in [6.45, 7) is 4.68. The number of ether oxygens (including phenoxy) is 1. The van der Waals surface area contributed by atoms with Gasteiger partial charge in [-0.3, -0.25) is 4.79 Å². The standard InChI is InChI=1S/C12H18O2/c1-12(2)8-5-7-3-4-10(13)14-11(7)9(12)6-8/h7-9,11H,3-6H2,1-2H3. The van der Waals surface area contributed by atoms with E-state index in [0.717, 1.165) is 12.3 Å². The highest BCUT2D eigenvalue weighted by Gasteiger charge is 2.59. The molecule has 78 valence electrons. The Morgan fingerprint density at radius 3 is 2.86 bits per heavy atom. The molecule has 14 heavy (non-hydrogen) atoms. The van der Waals surface area contributed by atoms with E-state index >= 15 is 0 Å². The van der Waals surface area contributed by atoms with Gasteiger partial charge in [-0.25, -0.2) is 0 Å². The molecule has 0 radical (unpaired) electrons. The molecule has 0 aromatic heterocycles. The SMILES string of the molecule is CC1(C)C2CC3CCC(=O)OC3C1C2. The maximum atomic E-state index is 11.3. The van der Waals surface area contributed by atoms with Crippen molar-refractivity contribution >= 4 is 5.97 Å². The van der Waals surface area contributed by atoms with Gasteiger partial charge in [-0.1, -0.05) is 13.8 Å². The summed E-state index contributed by atoms with van der Waals surface area (Å²) in [4.78, 5) is 11.3. The largest absolute Gasteiger partial charge is 0.462 e. The molecule has 4 fully saturated rings. The zero-order chi connectivity index (χ0) is 9.92.